The third kappa shape index (κ3) is 4.44. The van der Waals surface area contributed by atoms with Crippen molar-refractivity contribution in [1.29, 1.82) is 0 Å². The molecule has 1 aromatic heterocycles. The van der Waals surface area contributed by atoms with Crippen LogP contribution in [-0.2, 0) is 13.1 Å². The molecule has 3 aromatic rings. The van der Waals surface area contributed by atoms with Crippen LogP contribution in [0.3, 0.4) is 0 Å². The average molecular weight is 431 g/mol. The smallest absolute Gasteiger partial charge is 0.277 e. The van der Waals surface area contributed by atoms with Crippen molar-refractivity contribution in [1.82, 2.24) is 14.8 Å². The number of nitrogens with zero attached hydrogens (tertiary/aromatic N) is 4. The minimum Gasteiger partial charge on any atom is -0.297 e. The number of hydrogen-bond acceptors (Lipinski definition) is 4. The summed E-state index contributed by atoms with van der Waals surface area (Å²) < 4.78 is 0. The predicted molar refractivity (Wildman–Crippen MR) is 124 cm³/mol. The Morgan fingerprint density at radius 1 is 0.871 bits per heavy atom. The van der Waals surface area contributed by atoms with Crippen LogP contribution in [0.2, 0.25) is 5.02 Å². The molecule has 5 rings (SSSR count). The minimum atomic E-state index is -0.136. The second kappa shape index (κ2) is 8.71. The molecule has 0 spiro atoms. The molecule has 156 valence electrons. The Hall–Kier alpha value is -2.86. The van der Waals surface area contributed by atoms with E-state index in [1.54, 1.807) is 6.21 Å². The zero-order chi connectivity index (χ0) is 21.2. The molecule has 0 bridgehead atoms. The number of benzene rings is 2. The van der Waals surface area contributed by atoms with Gasteiger partial charge in [0, 0.05) is 68.5 Å². The third-order valence-electron chi connectivity index (χ3n) is 5.99. The lowest BCUT2D eigenvalue weighted by atomic mass is 10.0. The van der Waals surface area contributed by atoms with Gasteiger partial charge in [0.15, 0.2) is 0 Å². The first-order valence-corrected chi connectivity index (χ1v) is 10.9. The number of carbonyl (C=O) groups is 1. The van der Waals surface area contributed by atoms with Gasteiger partial charge in [0.05, 0.1) is 5.56 Å². The zero-order valence-electron chi connectivity index (χ0n) is 17.2. The van der Waals surface area contributed by atoms with Crippen molar-refractivity contribution in [2.45, 2.75) is 13.1 Å². The minimum absolute atomic E-state index is 0.136. The van der Waals surface area contributed by atoms with Gasteiger partial charge in [-0.1, -0.05) is 29.8 Å². The fourth-order valence-corrected chi connectivity index (χ4v) is 4.40. The predicted octanol–water partition coefficient (Wildman–Crippen LogP) is 4.29. The van der Waals surface area contributed by atoms with Gasteiger partial charge in [-0.2, -0.15) is 0 Å². The summed E-state index contributed by atoms with van der Waals surface area (Å²) in [6.07, 6.45) is 5.50. The van der Waals surface area contributed by atoms with Crippen LogP contribution in [0, 0.1) is 0 Å². The molecule has 0 radical (unpaired) electrons. The molecule has 2 aliphatic heterocycles. The van der Waals surface area contributed by atoms with Gasteiger partial charge in [-0.15, -0.1) is 0 Å². The van der Waals surface area contributed by atoms with Crippen LogP contribution in [0.5, 0.6) is 0 Å². The molecule has 0 aliphatic carbocycles. The number of carbonyl (C=O) groups excluding carboxylic acids is 1. The van der Waals surface area contributed by atoms with Crippen molar-refractivity contribution in [3.63, 3.8) is 0 Å². The summed E-state index contributed by atoms with van der Waals surface area (Å²) in [4.78, 5) is 24.9. The first-order valence-electron chi connectivity index (χ1n) is 10.5. The fraction of sp³-hybridized carbons (Fsp3) is 0.240. The molecule has 1 saturated heterocycles. The maximum Gasteiger partial charge on any atom is 0.277 e. The Labute approximate surface area is 187 Å². The number of pyridine rings is 1. The lowest BCUT2D eigenvalue weighted by Crippen LogP contribution is -2.45. The molecule has 1 amide bonds. The fourth-order valence-electron chi connectivity index (χ4n) is 4.28. The monoisotopic (exact) mass is 430 g/mol. The van der Waals surface area contributed by atoms with Gasteiger partial charge in [0.25, 0.3) is 5.91 Å². The summed E-state index contributed by atoms with van der Waals surface area (Å²) in [5.74, 6) is -0.136. The lowest BCUT2D eigenvalue weighted by Gasteiger charge is -2.35. The highest BCUT2D eigenvalue weighted by Crippen LogP contribution is 2.26. The summed E-state index contributed by atoms with van der Waals surface area (Å²) in [5.41, 5.74) is 6.49. The van der Waals surface area contributed by atoms with Crippen molar-refractivity contribution in [2.24, 2.45) is 4.99 Å². The Balaban J connectivity index is 1.21. The quantitative estimate of drug-likeness (QED) is 0.605. The standard InChI is InChI=1S/C25H23ClN4O/c26-22-4-2-19(3-5-22)23-7-8-27-14-21(23)17-30-11-9-29(10-12-30)16-18-1-6-24-20(13-18)15-28-25(24)31/h1-8,13-15H,9-12,16-17H2. The highest BCUT2D eigenvalue weighted by atomic mass is 35.5. The van der Waals surface area contributed by atoms with Crippen molar-refractivity contribution >= 4 is 23.7 Å². The van der Waals surface area contributed by atoms with E-state index in [2.05, 4.69) is 44.0 Å². The summed E-state index contributed by atoms with van der Waals surface area (Å²) >= 11 is 6.05. The van der Waals surface area contributed by atoms with Gasteiger partial charge >= 0.3 is 0 Å². The van der Waals surface area contributed by atoms with E-state index >= 15 is 0 Å². The van der Waals surface area contributed by atoms with Crippen LogP contribution in [0.4, 0.5) is 0 Å². The molecule has 0 saturated carbocycles. The molecule has 0 atom stereocenters. The van der Waals surface area contributed by atoms with Crippen LogP contribution >= 0.6 is 11.6 Å². The van der Waals surface area contributed by atoms with Crippen LogP contribution in [0.25, 0.3) is 11.1 Å². The molecule has 1 fully saturated rings. The molecule has 31 heavy (non-hydrogen) atoms. The van der Waals surface area contributed by atoms with Gasteiger partial charge in [0.2, 0.25) is 0 Å². The Morgan fingerprint density at radius 3 is 2.39 bits per heavy atom. The number of halogens is 1. The van der Waals surface area contributed by atoms with Gasteiger partial charge in [0.1, 0.15) is 0 Å². The number of piperazine rings is 1. The Kier molecular flexibility index (Phi) is 5.64. The molecule has 3 heterocycles. The second-order valence-corrected chi connectivity index (χ2v) is 8.51. The van der Waals surface area contributed by atoms with Crippen LogP contribution in [0.15, 0.2) is 65.9 Å². The molecule has 0 N–H and O–H groups in total. The Morgan fingerprint density at radius 2 is 1.61 bits per heavy atom. The highest BCUT2D eigenvalue weighted by molar-refractivity contribution is 6.30. The number of amides is 1. The summed E-state index contributed by atoms with van der Waals surface area (Å²) in [7, 11) is 0. The summed E-state index contributed by atoms with van der Waals surface area (Å²) in [5, 5.41) is 0.748. The van der Waals surface area contributed by atoms with Crippen LogP contribution in [-0.4, -0.2) is 53.1 Å². The van der Waals surface area contributed by atoms with E-state index in [1.165, 1.54) is 22.3 Å². The molecule has 2 aliphatic rings. The van der Waals surface area contributed by atoms with Crippen molar-refractivity contribution < 1.29 is 4.79 Å². The molecule has 2 aromatic carbocycles. The molecule has 5 nitrogen and oxygen atoms in total. The van der Waals surface area contributed by atoms with Crippen LogP contribution < -0.4 is 0 Å². The van der Waals surface area contributed by atoms with Crippen molar-refractivity contribution in [3.8, 4) is 11.1 Å². The summed E-state index contributed by atoms with van der Waals surface area (Å²) in [6, 6.07) is 16.1. The third-order valence-corrected chi connectivity index (χ3v) is 6.24. The molecule has 0 unspecified atom stereocenters. The van der Waals surface area contributed by atoms with Crippen molar-refractivity contribution in [2.75, 3.05) is 26.2 Å². The Bertz CT molecular complexity index is 1130. The second-order valence-electron chi connectivity index (χ2n) is 8.08. The van der Waals surface area contributed by atoms with Gasteiger partial charge < -0.3 is 0 Å². The first kappa shape index (κ1) is 20.1. The van der Waals surface area contributed by atoms with E-state index in [4.69, 9.17) is 11.6 Å². The topological polar surface area (TPSA) is 48.8 Å². The van der Waals surface area contributed by atoms with E-state index < -0.39 is 0 Å². The van der Waals surface area contributed by atoms with E-state index in [0.29, 0.717) is 5.56 Å². The lowest BCUT2D eigenvalue weighted by molar-refractivity contribution is 0.101. The number of fused-ring (bicyclic) bond motifs is 1. The van der Waals surface area contributed by atoms with Gasteiger partial charge in [-0.3, -0.25) is 19.6 Å². The SMILES string of the molecule is O=C1N=Cc2cc(CN3CCN(Cc4cnccc4-c4ccc(Cl)cc4)CC3)ccc21. The zero-order valence-corrected chi connectivity index (χ0v) is 17.9. The number of aliphatic imine (C=N–C) groups is 1. The number of rotatable bonds is 5. The molecule has 6 heteroatoms. The molecular formula is C25H23ClN4O. The maximum atomic E-state index is 11.7. The highest BCUT2D eigenvalue weighted by Gasteiger charge is 2.20. The normalized spacial score (nSPS) is 16.6. The largest absolute Gasteiger partial charge is 0.297 e. The van der Waals surface area contributed by atoms with Gasteiger partial charge in [-0.25, -0.2) is 4.99 Å². The van der Waals surface area contributed by atoms with Crippen LogP contribution in [0.1, 0.15) is 27.0 Å². The van der Waals surface area contributed by atoms with E-state index in [1.807, 2.05) is 36.7 Å². The number of hydrogen-bond donors (Lipinski definition) is 0. The van der Waals surface area contributed by atoms with Gasteiger partial charge in [-0.05, 0) is 52.6 Å². The molecular weight excluding hydrogens is 408 g/mol. The van der Waals surface area contributed by atoms with E-state index in [-0.39, 0.29) is 5.91 Å². The van der Waals surface area contributed by atoms with E-state index in [0.717, 1.165) is 49.9 Å². The summed E-state index contributed by atoms with van der Waals surface area (Å²) in [6.45, 7) is 5.84. The van der Waals surface area contributed by atoms with E-state index in [9.17, 15) is 4.79 Å². The first-order chi connectivity index (χ1) is 15.2. The maximum absolute atomic E-state index is 11.7. The number of aromatic nitrogens is 1. The average Bonchev–Trinajstić information content (AvgIpc) is 3.16. The van der Waals surface area contributed by atoms with Crippen molar-refractivity contribution in [3.05, 3.63) is 88.2 Å².